The van der Waals surface area contributed by atoms with Gasteiger partial charge in [-0.3, -0.25) is 4.79 Å². The van der Waals surface area contributed by atoms with Crippen LogP contribution in [0.3, 0.4) is 0 Å². The van der Waals surface area contributed by atoms with Crippen molar-refractivity contribution in [1.29, 1.82) is 5.26 Å². The van der Waals surface area contributed by atoms with Gasteiger partial charge in [-0.2, -0.15) is 5.26 Å². The SMILES string of the molecule is CC(C)Cc1ccc(C#N)c(SCCC(=O)Nc2nc(-c3ccc(Cl)cc3Cl)cs2)n1. The van der Waals surface area contributed by atoms with Gasteiger partial charge < -0.3 is 5.32 Å². The van der Waals surface area contributed by atoms with Crippen LogP contribution in [0.5, 0.6) is 0 Å². The highest BCUT2D eigenvalue weighted by Crippen LogP contribution is 2.32. The molecule has 0 atom stereocenters. The van der Waals surface area contributed by atoms with E-state index in [0.717, 1.165) is 17.7 Å². The Hall–Kier alpha value is -2.11. The smallest absolute Gasteiger partial charge is 0.226 e. The lowest BCUT2D eigenvalue weighted by Gasteiger charge is -2.08. The second-order valence-corrected chi connectivity index (χ2v) is 9.96. The molecule has 0 bridgehead atoms. The van der Waals surface area contributed by atoms with Crippen LogP contribution in [0.15, 0.2) is 40.7 Å². The fourth-order valence-electron chi connectivity index (χ4n) is 2.78. The van der Waals surface area contributed by atoms with Crippen molar-refractivity contribution in [2.24, 2.45) is 5.92 Å². The van der Waals surface area contributed by atoms with Crippen LogP contribution in [0.2, 0.25) is 10.0 Å². The van der Waals surface area contributed by atoms with Crippen LogP contribution in [0.1, 0.15) is 31.5 Å². The van der Waals surface area contributed by atoms with Crippen molar-refractivity contribution < 1.29 is 4.79 Å². The van der Waals surface area contributed by atoms with Gasteiger partial charge in [0.2, 0.25) is 5.91 Å². The average molecular weight is 491 g/mol. The highest BCUT2D eigenvalue weighted by molar-refractivity contribution is 7.99. The van der Waals surface area contributed by atoms with Crippen LogP contribution in [0.4, 0.5) is 5.13 Å². The second kappa shape index (κ2) is 11.0. The number of thioether (sulfide) groups is 1. The van der Waals surface area contributed by atoms with Gasteiger partial charge in [0, 0.05) is 33.8 Å². The first-order chi connectivity index (χ1) is 14.9. The van der Waals surface area contributed by atoms with Gasteiger partial charge in [-0.25, -0.2) is 9.97 Å². The molecule has 0 aliphatic rings. The first-order valence-corrected chi connectivity index (χ1v) is 12.2. The number of thiazole rings is 1. The number of nitriles is 1. The summed E-state index contributed by atoms with van der Waals surface area (Å²) in [4.78, 5) is 21.4. The summed E-state index contributed by atoms with van der Waals surface area (Å²) in [5.41, 5.74) is 2.93. The van der Waals surface area contributed by atoms with Gasteiger partial charge in [0.25, 0.3) is 0 Å². The molecule has 0 fully saturated rings. The van der Waals surface area contributed by atoms with Crippen molar-refractivity contribution in [1.82, 2.24) is 9.97 Å². The number of nitrogens with one attached hydrogen (secondary N) is 1. The third kappa shape index (κ3) is 6.68. The van der Waals surface area contributed by atoms with Crippen LogP contribution in [-0.4, -0.2) is 21.6 Å². The van der Waals surface area contributed by atoms with Crippen molar-refractivity contribution in [2.75, 3.05) is 11.1 Å². The van der Waals surface area contributed by atoms with Crippen molar-refractivity contribution >= 4 is 57.3 Å². The van der Waals surface area contributed by atoms with Crippen molar-refractivity contribution in [3.8, 4) is 17.3 Å². The summed E-state index contributed by atoms with van der Waals surface area (Å²) in [6, 6.07) is 11.1. The minimum atomic E-state index is -0.146. The summed E-state index contributed by atoms with van der Waals surface area (Å²) in [5.74, 6) is 0.849. The molecule has 0 saturated carbocycles. The number of hydrogen-bond acceptors (Lipinski definition) is 6. The summed E-state index contributed by atoms with van der Waals surface area (Å²) in [7, 11) is 0. The predicted molar refractivity (Wildman–Crippen MR) is 129 cm³/mol. The van der Waals surface area contributed by atoms with Gasteiger partial charge in [0.15, 0.2) is 5.13 Å². The topological polar surface area (TPSA) is 78.7 Å². The Morgan fingerprint density at radius 1 is 1.26 bits per heavy atom. The number of nitrogens with zero attached hydrogens (tertiary/aromatic N) is 3. The first-order valence-electron chi connectivity index (χ1n) is 9.59. The molecular formula is C22H20Cl2N4OS2. The van der Waals surface area contributed by atoms with Crippen LogP contribution >= 0.6 is 46.3 Å². The van der Waals surface area contributed by atoms with E-state index in [-0.39, 0.29) is 12.3 Å². The molecule has 0 radical (unpaired) electrons. The van der Waals surface area contributed by atoms with Gasteiger partial charge in [0.05, 0.1) is 16.3 Å². The highest BCUT2D eigenvalue weighted by atomic mass is 35.5. The number of carbonyl (C=O) groups excluding carboxylic acids is 1. The summed E-state index contributed by atoms with van der Waals surface area (Å²) in [6.07, 6.45) is 1.13. The molecule has 160 valence electrons. The van der Waals surface area contributed by atoms with Crippen LogP contribution in [0.25, 0.3) is 11.3 Å². The molecule has 2 aromatic heterocycles. The Morgan fingerprint density at radius 2 is 2.06 bits per heavy atom. The maximum absolute atomic E-state index is 12.3. The first kappa shape index (κ1) is 23.6. The molecule has 1 N–H and O–H groups in total. The summed E-state index contributed by atoms with van der Waals surface area (Å²) in [6.45, 7) is 4.25. The van der Waals surface area contributed by atoms with E-state index in [2.05, 4.69) is 35.2 Å². The van der Waals surface area contributed by atoms with Crippen molar-refractivity contribution in [2.45, 2.75) is 31.7 Å². The number of amides is 1. The Morgan fingerprint density at radius 3 is 2.77 bits per heavy atom. The lowest BCUT2D eigenvalue weighted by atomic mass is 10.1. The lowest BCUT2D eigenvalue weighted by Crippen LogP contribution is -2.12. The molecule has 2 heterocycles. The van der Waals surface area contributed by atoms with E-state index in [0.29, 0.717) is 43.1 Å². The molecule has 31 heavy (non-hydrogen) atoms. The average Bonchev–Trinajstić information content (AvgIpc) is 3.15. The quantitative estimate of drug-likeness (QED) is 0.355. The number of pyridine rings is 1. The van der Waals surface area contributed by atoms with Gasteiger partial charge in [0.1, 0.15) is 11.1 Å². The highest BCUT2D eigenvalue weighted by Gasteiger charge is 2.12. The molecule has 0 unspecified atom stereocenters. The zero-order valence-corrected chi connectivity index (χ0v) is 20.1. The number of benzene rings is 1. The van der Waals surface area contributed by atoms with E-state index in [1.54, 1.807) is 24.3 Å². The van der Waals surface area contributed by atoms with E-state index < -0.39 is 0 Å². The van der Waals surface area contributed by atoms with Crippen molar-refractivity contribution in [3.63, 3.8) is 0 Å². The van der Waals surface area contributed by atoms with Crippen LogP contribution < -0.4 is 5.32 Å². The van der Waals surface area contributed by atoms with Gasteiger partial charge in [-0.05, 0) is 42.7 Å². The maximum Gasteiger partial charge on any atom is 0.226 e. The Bertz CT molecular complexity index is 1120. The number of anilines is 1. The molecular weight excluding hydrogens is 471 g/mol. The van der Waals surface area contributed by atoms with Crippen molar-refractivity contribution in [3.05, 3.63) is 57.0 Å². The molecule has 0 spiro atoms. The van der Waals surface area contributed by atoms with E-state index in [4.69, 9.17) is 23.2 Å². The number of hydrogen-bond donors (Lipinski definition) is 1. The Kier molecular flexibility index (Phi) is 8.33. The number of carbonyl (C=O) groups is 1. The molecule has 9 heteroatoms. The fraction of sp³-hybridized carbons (Fsp3) is 0.273. The zero-order chi connectivity index (χ0) is 22.4. The van der Waals surface area contributed by atoms with Gasteiger partial charge in [-0.1, -0.05) is 37.0 Å². The molecule has 0 saturated heterocycles. The normalized spacial score (nSPS) is 10.8. The largest absolute Gasteiger partial charge is 0.302 e. The number of aromatic nitrogens is 2. The lowest BCUT2D eigenvalue weighted by molar-refractivity contribution is -0.115. The minimum Gasteiger partial charge on any atom is -0.302 e. The molecule has 0 aliphatic carbocycles. The molecule has 5 nitrogen and oxygen atoms in total. The predicted octanol–water partition coefficient (Wildman–Crippen LogP) is 6.70. The summed E-state index contributed by atoms with van der Waals surface area (Å²) >= 11 is 14.9. The van der Waals surface area contributed by atoms with Crippen LogP contribution in [-0.2, 0) is 11.2 Å². The standard InChI is InChI=1S/C22H20Cl2N4OS2/c1-13(2)9-16-5-3-14(11-25)21(26-16)30-8-7-20(29)28-22-27-19(12-31-22)17-6-4-15(23)10-18(17)24/h3-6,10,12-13H,7-9H2,1-2H3,(H,27,28,29). The van der Waals surface area contributed by atoms with Crippen LogP contribution in [0, 0.1) is 17.2 Å². The maximum atomic E-state index is 12.3. The molecule has 1 amide bonds. The van der Waals surface area contributed by atoms with E-state index in [1.807, 2.05) is 11.4 Å². The molecule has 1 aromatic carbocycles. The Labute approximate surface area is 199 Å². The molecule has 3 aromatic rings. The third-order valence-corrected chi connectivity index (χ3v) is 6.48. The Balaban J connectivity index is 1.57. The van der Waals surface area contributed by atoms with Gasteiger partial charge in [-0.15, -0.1) is 23.1 Å². The second-order valence-electron chi connectivity index (χ2n) is 7.17. The van der Waals surface area contributed by atoms with E-state index in [1.165, 1.54) is 23.1 Å². The number of rotatable bonds is 8. The van der Waals surface area contributed by atoms with E-state index >= 15 is 0 Å². The fourth-order valence-corrected chi connectivity index (χ4v) is 4.94. The summed E-state index contributed by atoms with van der Waals surface area (Å²) in [5, 5.41) is 16.2. The molecule has 0 aliphatic heterocycles. The monoisotopic (exact) mass is 490 g/mol. The summed E-state index contributed by atoms with van der Waals surface area (Å²) < 4.78 is 0. The van der Waals surface area contributed by atoms with Gasteiger partial charge >= 0.3 is 0 Å². The molecule has 3 rings (SSSR count). The number of halogens is 2. The van der Waals surface area contributed by atoms with E-state index in [9.17, 15) is 10.1 Å². The zero-order valence-electron chi connectivity index (χ0n) is 17.0. The minimum absolute atomic E-state index is 0.146. The third-order valence-electron chi connectivity index (χ3n) is 4.18.